The fraction of sp³-hybridized carbons (Fsp3) is 0.318. The fourth-order valence-electron chi connectivity index (χ4n) is 3.57. The van der Waals surface area contributed by atoms with Gasteiger partial charge in [-0.2, -0.15) is 0 Å². The number of anilines is 1. The summed E-state index contributed by atoms with van der Waals surface area (Å²) in [5.41, 5.74) is 6.82. The number of primary amides is 1. The molecule has 11 heteroatoms. The van der Waals surface area contributed by atoms with Crippen LogP contribution in [-0.4, -0.2) is 51.5 Å². The van der Waals surface area contributed by atoms with Crippen molar-refractivity contribution in [3.05, 3.63) is 48.0 Å². The average Bonchev–Trinajstić information content (AvgIpc) is 3.45. The number of nitrogens with one attached hydrogen (secondary N) is 1. The molecule has 0 saturated carbocycles. The van der Waals surface area contributed by atoms with Gasteiger partial charge < -0.3 is 20.1 Å². The van der Waals surface area contributed by atoms with Gasteiger partial charge in [-0.25, -0.2) is 19.7 Å². The summed E-state index contributed by atoms with van der Waals surface area (Å²) in [4.78, 5) is 39.8. The maximum Gasteiger partial charge on any atom is 0.324 e. The van der Waals surface area contributed by atoms with Crippen molar-refractivity contribution < 1.29 is 19.1 Å². The van der Waals surface area contributed by atoms with Gasteiger partial charge in [0.1, 0.15) is 24.1 Å². The monoisotopic (exact) mass is 468 g/mol. The number of ether oxygens (including phenoxy) is 2. The molecule has 3 amide bonds. The van der Waals surface area contributed by atoms with Crippen LogP contribution in [0.4, 0.5) is 9.93 Å². The fourth-order valence-corrected chi connectivity index (χ4v) is 4.50. The summed E-state index contributed by atoms with van der Waals surface area (Å²) < 4.78 is 10.9. The number of aryl methyl sites for hydroxylation is 1. The van der Waals surface area contributed by atoms with Crippen molar-refractivity contribution in [2.45, 2.75) is 32.4 Å². The molecule has 1 unspecified atom stereocenters. The van der Waals surface area contributed by atoms with E-state index in [-0.39, 0.29) is 12.6 Å². The van der Waals surface area contributed by atoms with E-state index in [1.165, 1.54) is 16.2 Å². The zero-order chi connectivity index (χ0) is 23.4. The summed E-state index contributed by atoms with van der Waals surface area (Å²) in [6.45, 7) is 2.53. The Morgan fingerprint density at radius 1 is 1.21 bits per heavy atom. The van der Waals surface area contributed by atoms with Crippen molar-refractivity contribution in [2.24, 2.45) is 5.73 Å². The molecule has 1 aromatic carbocycles. The molecule has 1 fully saturated rings. The molecule has 1 saturated heterocycles. The Kier molecular flexibility index (Phi) is 6.68. The Balaban J connectivity index is 1.44. The second-order valence-electron chi connectivity index (χ2n) is 7.44. The molecule has 3 aromatic rings. The summed E-state index contributed by atoms with van der Waals surface area (Å²) in [7, 11) is 1.61. The van der Waals surface area contributed by atoms with Crippen LogP contribution < -0.4 is 20.5 Å². The van der Waals surface area contributed by atoms with Gasteiger partial charge in [0.2, 0.25) is 5.91 Å². The molecule has 0 spiro atoms. The van der Waals surface area contributed by atoms with Crippen molar-refractivity contribution in [1.29, 1.82) is 0 Å². The molecule has 4 rings (SSSR count). The lowest BCUT2D eigenvalue weighted by atomic mass is 10.2. The number of carbonyl (C=O) groups excluding carboxylic acids is 2. The van der Waals surface area contributed by atoms with Gasteiger partial charge in [0.25, 0.3) is 0 Å². The van der Waals surface area contributed by atoms with Gasteiger partial charge in [-0.05, 0) is 50.1 Å². The molecule has 1 atom stereocenters. The number of nitrogens with two attached hydrogens (primary N) is 1. The number of aromatic nitrogens is 3. The zero-order valence-corrected chi connectivity index (χ0v) is 19.1. The lowest BCUT2D eigenvalue weighted by Gasteiger charge is -2.21. The van der Waals surface area contributed by atoms with E-state index < -0.39 is 11.9 Å². The van der Waals surface area contributed by atoms with Crippen LogP contribution in [0.5, 0.6) is 11.5 Å². The summed E-state index contributed by atoms with van der Waals surface area (Å²) in [5, 5.41) is 3.21. The first-order valence-electron chi connectivity index (χ1n) is 10.4. The number of methoxy groups -OCH3 is 1. The number of hydrogen-bond donors (Lipinski definition) is 2. The van der Waals surface area contributed by atoms with E-state index >= 15 is 0 Å². The third-order valence-corrected chi connectivity index (χ3v) is 6.31. The molecule has 0 radical (unpaired) electrons. The van der Waals surface area contributed by atoms with Crippen molar-refractivity contribution >= 4 is 28.4 Å². The number of benzene rings is 1. The SMILES string of the molecule is COc1ccc(OCc2nccc(-c3sc(NC(=O)N4CCCC4C(N)=O)nc3C)n2)cc1. The molecule has 33 heavy (non-hydrogen) atoms. The van der Waals surface area contributed by atoms with Crippen LogP contribution in [0.1, 0.15) is 24.4 Å². The van der Waals surface area contributed by atoms with Gasteiger partial charge in [-0.3, -0.25) is 10.1 Å². The first kappa shape index (κ1) is 22.5. The minimum absolute atomic E-state index is 0.199. The highest BCUT2D eigenvalue weighted by atomic mass is 32.1. The maximum absolute atomic E-state index is 12.6. The Hall–Kier alpha value is -3.73. The van der Waals surface area contributed by atoms with Gasteiger partial charge >= 0.3 is 6.03 Å². The van der Waals surface area contributed by atoms with Crippen molar-refractivity contribution in [3.63, 3.8) is 0 Å². The Labute approximate surface area is 194 Å². The number of rotatable bonds is 7. The lowest BCUT2D eigenvalue weighted by Crippen LogP contribution is -2.45. The van der Waals surface area contributed by atoms with Crippen LogP contribution in [0.25, 0.3) is 10.6 Å². The second kappa shape index (κ2) is 9.82. The molecule has 3 N–H and O–H groups in total. The number of thiazole rings is 1. The van der Waals surface area contributed by atoms with Gasteiger partial charge in [-0.15, -0.1) is 0 Å². The Morgan fingerprint density at radius 2 is 1.97 bits per heavy atom. The van der Waals surface area contributed by atoms with Crippen LogP contribution >= 0.6 is 11.3 Å². The van der Waals surface area contributed by atoms with Crippen LogP contribution in [0.3, 0.4) is 0 Å². The molecule has 1 aliphatic heterocycles. The van der Waals surface area contributed by atoms with E-state index in [4.69, 9.17) is 15.2 Å². The molecule has 3 heterocycles. The first-order valence-corrected chi connectivity index (χ1v) is 11.2. The van der Waals surface area contributed by atoms with Gasteiger partial charge in [0.15, 0.2) is 11.0 Å². The third-order valence-electron chi connectivity index (χ3n) is 5.22. The minimum Gasteiger partial charge on any atom is -0.497 e. The molecule has 1 aliphatic rings. The second-order valence-corrected chi connectivity index (χ2v) is 8.44. The molecular weight excluding hydrogens is 444 g/mol. The van der Waals surface area contributed by atoms with E-state index in [9.17, 15) is 9.59 Å². The highest BCUT2D eigenvalue weighted by molar-refractivity contribution is 7.19. The standard InChI is InChI=1S/C22H24N6O4S/c1-13-19(33-21(25-13)27-22(30)28-11-3-4-17(28)20(23)29)16-9-10-24-18(26-16)12-32-15-7-5-14(31-2)6-8-15/h5-10,17H,3-4,11-12H2,1-2H3,(H2,23,29)(H,25,27,30). The smallest absolute Gasteiger partial charge is 0.324 e. The predicted molar refractivity (Wildman–Crippen MR) is 123 cm³/mol. The largest absolute Gasteiger partial charge is 0.497 e. The minimum atomic E-state index is -0.583. The zero-order valence-electron chi connectivity index (χ0n) is 18.3. The van der Waals surface area contributed by atoms with Gasteiger partial charge in [0, 0.05) is 12.7 Å². The van der Waals surface area contributed by atoms with Gasteiger partial charge in [0.05, 0.1) is 23.4 Å². The Morgan fingerprint density at radius 3 is 2.70 bits per heavy atom. The number of amides is 3. The third kappa shape index (κ3) is 5.20. The predicted octanol–water partition coefficient (Wildman–Crippen LogP) is 2.98. The Bertz CT molecular complexity index is 1150. The topological polar surface area (TPSA) is 133 Å². The van der Waals surface area contributed by atoms with E-state index in [0.29, 0.717) is 35.4 Å². The van der Waals surface area contributed by atoms with E-state index in [0.717, 1.165) is 22.7 Å². The highest BCUT2D eigenvalue weighted by Gasteiger charge is 2.33. The molecule has 10 nitrogen and oxygen atoms in total. The van der Waals surface area contributed by atoms with Crippen molar-refractivity contribution in [3.8, 4) is 22.1 Å². The summed E-state index contributed by atoms with van der Waals surface area (Å²) in [6.07, 6.45) is 2.98. The highest BCUT2D eigenvalue weighted by Crippen LogP contribution is 2.32. The first-order chi connectivity index (χ1) is 15.9. The number of nitrogens with zero attached hydrogens (tertiary/aromatic N) is 4. The molecule has 2 aromatic heterocycles. The van der Waals surface area contributed by atoms with Crippen LogP contribution in [0.15, 0.2) is 36.5 Å². The normalized spacial score (nSPS) is 15.3. The molecule has 172 valence electrons. The van der Waals surface area contributed by atoms with E-state index in [2.05, 4.69) is 20.3 Å². The quantitative estimate of drug-likeness (QED) is 0.545. The van der Waals surface area contributed by atoms with E-state index in [1.54, 1.807) is 19.4 Å². The van der Waals surface area contributed by atoms with Crippen molar-refractivity contribution in [1.82, 2.24) is 19.9 Å². The van der Waals surface area contributed by atoms with Crippen LogP contribution in [-0.2, 0) is 11.4 Å². The summed E-state index contributed by atoms with van der Waals surface area (Å²) >= 11 is 1.31. The number of urea groups is 1. The number of carbonyl (C=O) groups is 2. The van der Waals surface area contributed by atoms with Gasteiger partial charge in [-0.1, -0.05) is 11.3 Å². The summed E-state index contributed by atoms with van der Waals surface area (Å²) in [5.74, 6) is 1.45. The lowest BCUT2D eigenvalue weighted by molar-refractivity contribution is -0.121. The van der Waals surface area contributed by atoms with Crippen molar-refractivity contribution in [2.75, 3.05) is 19.0 Å². The van der Waals surface area contributed by atoms with E-state index in [1.807, 2.05) is 31.2 Å². The number of likely N-dealkylation sites (tertiary alicyclic amines) is 1. The number of hydrogen-bond acceptors (Lipinski definition) is 8. The summed E-state index contributed by atoms with van der Waals surface area (Å²) in [6, 6.07) is 8.08. The van der Waals surface area contributed by atoms with Crippen LogP contribution in [0.2, 0.25) is 0 Å². The average molecular weight is 469 g/mol. The molecule has 0 aliphatic carbocycles. The molecule has 0 bridgehead atoms. The molecular formula is C22H24N6O4S. The maximum atomic E-state index is 12.6. The van der Waals surface area contributed by atoms with Crippen LogP contribution in [0, 0.1) is 6.92 Å².